The van der Waals surface area contributed by atoms with Crippen LogP contribution < -0.4 is 5.43 Å². The number of hydrazone groups is 1. The number of rotatable bonds is 4. The van der Waals surface area contributed by atoms with Gasteiger partial charge < -0.3 is 9.80 Å². The Morgan fingerprint density at radius 3 is 2.67 bits per heavy atom. The molecule has 4 rings (SSSR count). The lowest BCUT2D eigenvalue weighted by Crippen LogP contribution is -2.53. The molecule has 1 spiro atoms. The van der Waals surface area contributed by atoms with Crippen LogP contribution in [0.15, 0.2) is 5.10 Å². The van der Waals surface area contributed by atoms with Crippen LogP contribution in [-0.4, -0.2) is 58.9 Å². The molecule has 1 N–H and O–H groups in total. The van der Waals surface area contributed by atoms with Gasteiger partial charge in [-0.25, -0.2) is 5.43 Å². The first-order valence-corrected chi connectivity index (χ1v) is 10.5. The summed E-state index contributed by atoms with van der Waals surface area (Å²) in [5.74, 6) is 0.349. The fourth-order valence-electron chi connectivity index (χ4n) is 5.23. The first kappa shape index (κ1) is 18.4. The maximum Gasteiger partial charge on any atom is 0.240 e. The van der Waals surface area contributed by atoms with Gasteiger partial charge in [-0.05, 0) is 44.9 Å². The molecule has 3 fully saturated rings. The predicted octanol–water partition coefficient (Wildman–Crippen LogP) is 1.82. The third-order valence-corrected chi connectivity index (χ3v) is 6.85. The molecule has 27 heavy (non-hydrogen) atoms. The smallest absolute Gasteiger partial charge is 0.240 e. The predicted molar refractivity (Wildman–Crippen MR) is 101 cm³/mol. The molecule has 0 aromatic heterocycles. The fraction of sp³-hybridized carbons (Fsp3) is 0.800. The molecule has 1 unspecified atom stereocenters. The lowest BCUT2D eigenvalue weighted by molar-refractivity contribution is -0.148. The van der Waals surface area contributed by atoms with Gasteiger partial charge in [-0.3, -0.25) is 14.4 Å². The first-order chi connectivity index (χ1) is 13.1. The van der Waals surface area contributed by atoms with Gasteiger partial charge in [0.1, 0.15) is 0 Å². The maximum atomic E-state index is 13.3. The van der Waals surface area contributed by atoms with E-state index in [0.717, 1.165) is 44.4 Å². The van der Waals surface area contributed by atoms with E-state index in [1.54, 1.807) is 0 Å². The molecule has 3 amide bonds. The van der Waals surface area contributed by atoms with E-state index < -0.39 is 0 Å². The average molecular weight is 374 g/mol. The Kier molecular flexibility index (Phi) is 5.19. The summed E-state index contributed by atoms with van der Waals surface area (Å²) in [7, 11) is 0. The molecule has 0 aromatic rings. The van der Waals surface area contributed by atoms with E-state index in [9.17, 15) is 14.4 Å². The molecule has 7 nitrogen and oxygen atoms in total. The molecule has 0 bridgehead atoms. The molecule has 3 aliphatic heterocycles. The van der Waals surface area contributed by atoms with Gasteiger partial charge in [-0.2, -0.15) is 5.10 Å². The van der Waals surface area contributed by atoms with Crippen molar-refractivity contribution in [2.24, 2.45) is 10.5 Å². The maximum absolute atomic E-state index is 13.3. The molecule has 0 radical (unpaired) electrons. The number of piperidine rings is 1. The third kappa shape index (κ3) is 3.73. The standard InChI is InChI=1S/C20H30N4O3/c25-17-8-6-15(21-22-17)7-9-18(26)23-13-11-20(14-23)10-3-12-24(19(20)27)16-4-1-2-5-16/h16H,1-14H2,(H,22,25). The Hall–Kier alpha value is -1.92. The number of nitrogens with one attached hydrogen (secondary N) is 1. The van der Waals surface area contributed by atoms with Crippen LogP contribution in [0.4, 0.5) is 0 Å². The fourth-order valence-corrected chi connectivity index (χ4v) is 5.23. The number of nitrogens with zero attached hydrogens (tertiary/aromatic N) is 3. The van der Waals surface area contributed by atoms with Crippen LogP contribution in [0.2, 0.25) is 0 Å². The van der Waals surface area contributed by atoms with Crippen molar-refractivity contribution in [1.82, 2.24) is 15.2 Å². The molecule has 0 aromatic carbocycles. The van der Waals surface area contributed by atoms with Crippen LogP contribution in [0, 0.1) is 5.41 Å². The molecule has 1 saturated carbocycles. The van der Waals surface area contributed by atoms with Crippen molar-refractivity contribution in [3.05, 3.63) is 0 Å². The zero-order chi connectivity index (χ0) is 18.9. The van der Waals surface area contributed by atoms with Crippen LogP contribution in [0.25, 0.3) is 0 Å². The van der Waals surface area contributed by atoms with E-state index in [1.165, 1.54) is 12.8 Å². The Morgan fingerprint density at radius 2 is 1.93 bits per heavy atom. The van der Waals surface area contributed by atoms with E-state index in [1.807, 2.05) is 4.90 Å². The highest BCUT2D eigenvalue weighted by Gasteiger charge is 2.50. The van der Waals surface area contributed by atoms with Crippen LogP contribution >= 0.6 is 0 Å². The number of likely N-dealkylation sites (tertiary alicyclic amines) is 2. The molecular formula is C20H30N4O3. The van der Waals surface area contributed by atoms with Crippen molar-refractivity contribution in [2.45, 2.75) is 76.7 Å². The number of amides is 3. The summed E-state index contributed by atoms with van der Waals surface area (Å²) in [5.41, 5.74) is 3.03. The molecule has 2 saturated heterocycles. The second kappa shape index (κ2) is 7.60. The topological polar surface area (TPSA) is 82.1 Å². The van der Waals surface area contributed by atoms with Crippen LogP contribution in [-0.2, 0) is 14.4 Å². The summed E-state index contributed by atoms with van der Waals surface area (Å²) in [6.45, 7) is 2.16. The second-order valence-electron chi connectivity index (χ2n) is 8.60. The van der Waals surface area contributed by atoms with Gasteiger partial charge in [0.25, 0.3) is 0 Å². The minimum absolute atomic E-state index is 0.0609. The van der Waals surface area contributed by atoms with E-state index in [-0.39, 0.29) is 17.2 Å². The lowest BCUT2D eigenvalue weighted by atomic mass is 9.77. The summed E-state index contributed by atoms with van der Waals surface area (Å²) >= 11 is 0. The van der Waals surface area contributed by atoms with Crippen LogP contribution in [0.1, 0.15) is 70.6 Å². The normalized spacial score (nSPS) is 29.4. The van der Waals surface area contributed by atoms with Crippen molar-refractivity contribution >= 4 is 23.4 Å². The molecule has 148 valence electrons. The Balaban J connectivity index is 1.33. The third-order valence-electron chi connectivity index (χ3n) is 6.85. The van der Waals surface area contributed by atoms with Gasteiger partial charge in [0.05, 0.1) is 5.41 Å². The average Bonchev–Trinajstić information content (AvgIpc) is 3.34. The van der Waals surface area contributed by atoms with Gasteiger partial charge in [0.15, 0.2) is 0 Å². The highest BCUT2D eigenvalue weighted by Crippen LogP contribution is 2.42. The quantitative estimate of drug-likeness (QED) is 0.815. The number of carbonyl (C=O) groups excluding carboxylic acids is 3. The van der Waals surface area contributed by atoms with Crippen molar-refractivity contribution < 1.29 is 14.4 Å². The van der Waals surface area contributed by atoms with E-state index in [0.29, 0.717) is 50.7 Å². The van der Waals surface area contributed by atoms with Crippen LogP contribution in [0.5, 0.6) is 0 Å². The van der Waals surface area contributed by atoms with Gasteiger partial charge >= 0.3 is 0 Å². The molecular weight excluding hydrogens is 344 g/mol. The van der Waals surface area contributed by atoms with Crippen molar-refractivity contribution in [3.8, 4) is 0 Å². The monoisotopic (exact) mass is 374 g/mol. The lowest BCUT2D eigenvalue weighted by Gasteiger charge is -2.42. The van der Waals surface area contributed by atoms with Gasteiger partial charge in [-0.15, -0.1) is 0 Å². The van der Waals surface area contributed by atoms with Crippen molar-refractivity contribution in [2.75, 3.05) is 19.6 Å². The number of carbonyl (C=O) groups is 3. The minimum Gasteiger partial charge on any atom is -0.342 e. The summed E-state index contributed by atoms with van der Waals surface area (Å²) in [6, 6.07) is 0.430. The first-order valence-electron chi connectivity index (χ1n) is 10.5. The number of hydrogen-bond donors (Lipinski definition) is 1. The highest BCUT2D eigenvalue weighted by molar-refractivity contribution is 5.94. The number of hydrogen-bond acceptors (Lipinski definition) is 4. The largest absolute Gasteiger partial charge is 0.342 e. The summed E-state index contributed by atoms with van der Waals surface area (Å²) in [5, 5.41) is 4.04. The molecule has 1 aliphatic carbocycles. The zero-order valence-corrected chi connectivity index (χ0v) is 16.0. The zero-order valence-electron chi connectivity index (χ0n) is 16.0. The Labute approximate surface area is 160 Å². The molecule has 3 heterocycles. The summed E-state index contributed by atoms with van der Waals surface area (Å²) in [6.07, 6.45) is 9.61. The van der Waals surface area contributed by atoms with E-state index >= 15 is 0 Å². The summed E-state index contributed by atoms with van der Waals surface area (Å²) < 4.78 is 0. The highest BCUT2D eigenvalue weighted by atomic mass is 16.2. The van der Waals surface area contributed by atoms with E-state index in [2.05, 4.69) is 15.4 Å². The SMILES string of the molecule is O=C1CCC(CCC(=O)N2CCC3(CCCN(C4CCCC4)C3=O)C2)=NN1. The Morgan fingerprint density at radius 1 is 1.11 bits per heavy atom. The Bertz CT molecular complexity index is 656. The van der Waals surface area contributed by atoms with Gasteiger partial charge in [0, 0.05) is 44.2 Å². The molecule has 1 atom stereocenters. The second-order valence-corrected chi connectivity index (χ2v) is 8.60. The van der Waals surface area contributed by atoms with E-state index in [4.69, 9.17) is 0 Å². The van der Waals surface area contributed by atoms with Gasteiger partial charge in [-0.1, -0.05) is 12.8 Å². The van der Waals surface area contributed by atoms with Gasteiger partial charge in [0.2, 0.25) is 17.7 Å². The van der Waals surface area contributed by atoms with Crippen molar-refractivity contribution in [1.29, 1.82) is 0 Å². The molecule has 4 aliphatic rings. The molecule has 7 heteroatoms. The van der Waals surface area contributed by atoms with Crippen LogP contribution in [0.3, 0.4) is 0 Å². The summed E-state index contributed by atoms with van der Waals surface area (Å²) in [4.78, 5) is 41.1. The minimum atomic E-state index is -0.340. The van der Waals surface area contributed by atoms with Crippen molar-refractivity contribution in [3.63, 3.8) is 0 Å².